The Bertz CT molecular complexity index is 648. The molecule has 1 aromatic heterocycles. The van der Waals surface area contributed by atoms with E-state index in [0.29, 0.717) is 17.9 Å². The van der Waals surface area contributed by atoms with Gasteiger partial charge in [-0.05, 0) is 6.07 Å². The Morgan fingerprint density at radius 2 is 1.83 bits per heavy atom. The molecule has 2 N–H and O–H groups in total. The van der Waals surface area contributed by atoms with E-state index in [1.54, 1.807) is 12.1 Å². The van der Waals surface area contributed by atoms with Crippen LogP contribution in [0, 0.1) is 5.82 Å². The SMILES string of the molecule is Fc1ccccc1CNc1cc(NCCN2CCOCC2)ncn1. The average molecular weight is 331 g/mol. The van der Waals surface area contributed by atoms with E-state index < -0.39 is 0 Å². The summed E-state index contributed by atoms with van der Waals surface area (Å²) in [5, 5.41) is 6.42. The summed E-state index contributed by atoms with van der Waals surface area (Å²) in [6.45, 7) is 5.70. The first-order valence-corrected chi connectivity index (χ1v) is 8.14. The molecule has 2 heterocycles. The van der Waals surface area contributed by atoms with Gasteiger partial charge in [0, 0.05) is 44.4 Å². The molecular formula is C17H22FN5O. The maximum absolute atomic E-state index is 13.6. The van der Waals surface area contributed by atoms with Crippen LogP contribution in [0.1, 0.15) is 5.56 Å². The molecule has 0 bridgehead atoms. The fraction of sp³-hybridized carbons (Fsp3) is 0.412. The smallest absolute Gasteiger partial charge is 0.131 e. The molecule has 0 amide bonds. The number of hydrogen-bond donors (Lipinski definition) is 2. The Balaban J connectivity index is 1.47. The molecule has 0 atom stereocenters. The third kappa shape index (κ3) is 4.87. The van der Waals surface area contributed by atoms with Gasteiger partial charge in [-0.1, -0.05) is 18.2 Å². The van der Waals surface area contributed by atoms with Crippen molar-refractivity contribution in [1.29, 1.82) is 0 Å². The molecule has 1 aliphatic heterocycles. The molecule has 0 spiro atoms. The minimum Gasteiger partial charge on any atom is -0.379 e. The lowest BCUT2D eigenvalue weighted by atomic mass is 10.2. The normalized spacial score (nSPS) is 15.2. The highest BCUT2D eigenvalue weighted by atomic mass is 19.1. The summed E-state index contributed by atoms with van der Waals surface area (Å²) < 4.78 is 19.0. The van der Waals surface area contributed by atoms with E-state index in [9.17, 15) is 4.39 Å². The predicted molar refractivity (Wildman–Crippen MR) is 91.5 cm³/mol. The summed E-state index contributed by atoms with van der Waals surface area (Å²) in [6, 6.07) is 8.54. The monoisotopic (exact) mass is 331 g/mol. The van der Waals surface area contributed by atoms with Crippen molar-refractivity contribution in [3.05, 3.63) is 48.0 Å². The fourth-order valence-corrected chi connectivity index (χ4v) is 2.55. The third-order valence-corrected chi connectivity index (χ3v) is 3.92. The molecule has 1 fully saturated rings. The van der Waals surface area contributed by atoms with Crippen LogP contribution < -0.4 is 10.6 Å². The van der Waals surface area contributed by atoms with Crippen LogP contribution in [0.15, 0.2) is 36.7 Å². The highest BCUT2D eigenvalue weighted by molar-refractivity contribution is 5.46. The molecule has 128 valence electrons. The Kier molecular flexibility index (Phi) is 5.92. The molecule has 6 nitrogen and oxygen atoms in total. The largest absolute Gasteiger partial charge is 0.379 e. The van der Waals surface area contributed by atoms with E-state index in [1.165, 1.54) is 12.4 Å². The minimum atomic E-state index is -0.220. The van der Waals surface area contributed by atoms with Gasteiger partial charge in [-0.15, -0.1) is 0 Å². The summed E-state index contributed by atoms with van der Waals surface area (Å²) in [4.78, 5) is 10.7. The second-order valence-electron chi connectivity index (χ2n) is 5.61. The van der Waals surface area contributed by atoms with Crippen molar-refractivity contribution in [3.63, 3.8) is 0 Å². The highest BCUT2D eigenvalue weighted by Crippen LogP contribution is 2.12. The first-order chi connectivity index (χ1) is 11.8. The lowest BCUT2D eigenvalue weighted by Crippen LogP contribution is -2.39. The molecule has 2 aromatic rings. The van der Waals surface area contributed by atoms with Crippen molar-refractivity contribution in [3.8, 4) is 0 Å². The average Bonchev–Trinajstić information content (AvgIpc) is 2.62. The number of benzene rings is 1. The van der Waals surface area contributed by atoms with Crippen LogP contribution in [0.3, 0.4) is 0 Å². The third-order valence-electron chi connectivity index (χ3n) is 3.92. The van der Waals surface area contributed by atoms with Crippen molar-refractivity contribution in [1.82, 2.24) is 14.9 Å². The molecule has 0 unspecified atom stereocenters. The van der Waals surface area contributed by atoms with Gasteiger partial charge in [-0.2, -0.15) is 0 Å². The van der Waals surface area contributed by atoms with Crippen LogP contribution in [0.4, 0.5) is 16.0 Å². The molecule has 0 aliphatic carbocycles. The van der Waals surface area contributed by atoms with Crippen molar-refractivity contribution in [2.45, 2.75) is 6.54 Å². The summed E-state index contributed by atoms with van der Waals surface area (Å²) in [7, 11) is 0. The summed E-state index contributed by atoms with van der Waals surface area (Å²) in [6.07, 6.45) is 1.50. The van der Waals surface area contributed by atoms with E-state index in [1.807, 2.05) is 12.1 Å². The Hall–Kier alpha value is -2.25. The van der Waals surface area contributed by atoms with Gasteiger partial charge in [0.05, 0.1) is 13.2 Å². The molecule has 3 rings (SSSR count). The zero-order chi connectivity index (χ0) is 16.6. The highest BCUT2D eigenvalue weighted by Gasteiger charge is 2.09. The lowest BCUT2D eigenvalue weighted by molar-refractivity contribution is 0.0398. The van der Waals surface area contributed by atoms with Gasteiger partial charge < -0.3 is 15.4 Å². The summed E-state index contributed by atoms with van der Waals surface area (Å²) in [5.74, 6) is 1.21. The van der Waals surface area contributed by atoms with E-state index >= 15 is 0 Å². The molecule has 1 saturated heterocycles. The van der Waals surface area contributed by atoms with Gasteiger partial charge in [-0.25, -0.2) is 14.4 Å². The topological polar surface area (TPSA) is 62.3 Å². The van der Waals surface area contributed by atoms with E-state index in [4.69, 9.17) is 4.74 Å². The number of ether oxygens (including phenoxy) is 1. The first-order valence-electron chi connectivity index (χ1n) is 8.14. The Morgan fingerprint density at radius 3 is 2.62 bits per heavy atom. The molecule has 24 heavy (non-hydrogen) atoms. The second kappa shape index (κ2) is 8.56. The minimum absolute atomic E-state index is 0.220. The van der Waals surface area contributed by atoms with Gasteiger partial charge in [0.1, 0.15) is 23.8 Å². The number of rotatable bonds is 7. The van der Waals surface area contributed by atoms with E-state index in [2.05, 4.69) is 25.5 Å². The van der Waals surface area contributed by atoms with Gasteiger partial charge in [0.25, 0.3) is 0 Å². The van der Waals surface area contributed by atoms with Crippen molar-refractivity contribution in [2.24, 2.45) is 0 Å². The lowest BCUT2D eigenvalue weighted by Gasteiger charge is -2.26. The van der Waals surface area contributed by atoms with Crippen molar-refractivity contribution in [2.75, 3.05) is 50.0 Å². The number of aromatic nitrogens is 2. The van der Waals surface area contributed by atoms with Crippen LogP contribution in [0.2, 0.25) is 0 Å². The van der Waals surface area contributed by atoms with Crippen molar-refractivity contribution < 1.29 is 9.13 Å². The van der Waals surface area contributed by atoms with Gasteiger partial charge in [-0.3, -0.25) is 4.90 Å². The van der Waals surface area contributed by atoms with Crippen molar-refractivity contribution >= 4 is 11.6 Å². The van der Waals surface area contributed by atoms with Crippen LogP contribution in [-0.4, -0.2) is 54.3 Å². The Labute approximate surface area is 141 Å². The van der Waals surface area contributed by atoms with Crippen LogP contribution in [0.5, 0.6) is 0 Å². The molecular weight excluding hydrogens is 309 g/mol. The quantitative estimate of drug-likeness (QED) is 0.809. The van der Waals surface area contributed by atoms with Crippen LogP contribution >= 0.6 is 0 Å². The van der Waals surface area contributed by atoms with Gasteiger partial charge in [0.15, 0.2) is 0 Å². The molecule has 1 aliphatic rings. The first kappa shape index (κ1) is 16.6. The van der Waals surface area contributed by atoms with Gasteiger partial charge >= 0.3 is 0 Å². The summed E-state index contributed by atoms with van der Waals surface area (Å²) in [5.41, 5.74) is 0.609. The number of anilines is 2. The number of morpholine rings is 1. The number of hydrogen-bond acceptors (Lipinski definition) is 6. The predicted octanol–water partition coefficient (Wildman–Crippen LogP) is 1.97. The molecule has 0 radical (unpaired) electrons. The maximum Gasteiger partial charge on any atom is 0.131 e. The molecule has 0 saturated carbocycles. The standard InChI is InChI=1S/C17H22FN5O/c18-15-4-2-1-3-14(15)12-20-17-11-16(21-13-22-17)19-5-6-23-7-9-24-10-8-23/h1-4,11,13H,5-10,12H2,(H2,19,20,21,22). The van der Waals surface area contributed by atoms with E-state index in [0.717, 1.165) is 45.2 Å². The summed E-state index contributed by atoms with van der Waals surface area (Å²) >= 11 is 0. The number of nitrogens with zero attached hydrogens (tertiary/aromatic N) is 3. The zero-order valence-corrected chi connectivity index (χ0v) is 13.5. The molecule has 1 aromatic carbocycles. The second-order valence-corrected chi connectivity index (χ2v) is 5.61. The van der Waals surface area contributed by atoms with Crippen LogP contribution in [-0.2, 0) is 11.3 Å². The zero-order valence-electron chi connectivity index (χ0n) is 13.5. The van der Waals surface area contributed by atoms with Crippen LogP contribution in [0.25, 0.3) is 0 Å². The maximum atomic E-state index is 13.6. The molecule has 7 heteroatoms. The Morgan fingerprint density at radius 1 is 1.08 bits per heavy atom. The van der Waals surface area contributed by atoms with Gasteiger partial charge in [0.2, 0.25) is 0 Å². The number of halogens is 1. The van der Waals surface area contributed by atoms with E-state index in [-0.39, 0.29) is 5.82 Å². The number of nitrogens with one attached hydrogen (secondary N) is 2. The fourth-order valence-electron chi connectivity index (χ4n) is 2.55.